The van der Waals surface area contributed by atoms with Gasteiger partial charge in [-0.2, -0.15) is 0 Å². The maximum atomic E-state index is 12.6. The third kappa shape index (κ3) is 4.41. The monoisotopic (exact) mass is 482 g/mol. The second-order valence-corrected chi connectivity index (χ2v) is 11.0. The topological polar surface area (TPSA) is 142 Å². The molecule has 0 aromatic heterocycles. The average Bonchev–Trinajstić information content (AvgIpc) is 3.46. The van der Waals surface area contributed by atoms with E-state index in [1.54, 1.807) is 11.8 Å². The lowest BCUT2D eigenvalue weighted by molar-refractivity contribution is -0.163. The van der Waals surface area contributed by atoms with Gasteiger partial charge in [0.25, 0.3) is 0 Å². The summed E-state index contributed by atoms with van der Waals surface area (Å²) in [5.41, 5.74) is 0.0201. The minimum absolute atomic E-state index is 0.0193. The number of rotatable bonds is 8. The van der Waals surface area contributed by atoms with Gasteiger partial charge in [0.15, 0.2) is 0 Å². The number of aliphatic hydroxyl groups is 2. The minimum Gasteiger partial charge on any atom is -0.477 e. The highest BCUT2D eigenvalue weighted by Gasteiger charge is 2.60. The summed E-state index contributed by atoms with van der Waals surface area (Å²) >= 11 is 1.44. The Morgan fingerprint density at radius 3 is 2.67 bits per heavy atom. The van der Waals surface area contributed by atoms with Gasteiger partial charge >= 0.3 is 5.97 Å². The number of likely N-dealkylation sites (N-methyl/N-ethyl adjacent to an activating group) is 1. The molecule has 0 spiro atoms. The Hall–Kier alpha value is -1.66. The molecule has 0 aromatic carbocycles. The summed E-state index contributed by atoms with van der Waals surface area (Å²) in [7, 11) is 1.88. The highest BCUT2D eigenvalue weighted by Crippen LogP contribution is 2.51. The van der Waals surface area contributed by atoms with E-state index in [-0.39, 0.29) is 47.2 Å². The van der Waals surface area contributed by atoms with Crippen molar-refractivity contribution in [3.63, 3.8) is 0 Å². The van der Waals surface area contributed by atoms with Crippen molar-refractivity contribution in [1.82, 2.24) is 20.4 Å². The number of nitrogens with zero attached hydrogens (tertiary/aromatic N) is 2. The molecule has 33 heavy (non-hydrogen) atoms. The fraction of sp³-hybridized carbons (Fsp3) is 0.773. The molecule has 5 N–H and O–H groups in total. The van der Waals surface area contributed by atoms with E-state index in [2.05, 4.69) is 10.6 Å². The van der Waals surface area contributed by atoms with Gasteiger partial charge in [0, 0.05) is 47.8 Å². The molecular weight excluding hydrogens is 448 g/mol. The molecule has 10 nitrogen and oxygen atoms in total. The van der Waals surface area contributed by atoms with Crippen LogP contribution in [0.25, 0.3) is 0 Å². The zero-order valence-electron chi connectivity index (χ0n) is 19.2. The van der Waals surface area contributed by atoms with E-state index in [9.17, 15) is 29.7 Å². The van der Waals surface area contributed by atoms with Crippen molar-refractivity contribution in [3.05, 3.63) is 10.6 Å². The van der Waals surface area contributed by atoms with Crippen LogP contribution in [0.2, 0.25) is 0 Å². The lowest BCUT2D eigenvalue weighted by Crippen LogP contribution is -2.63. The Bertz CT molecular complexity index is 851. The maximum Gasteiger partial charge on any atom is 0.353 e. The number of likely N-dealkylation sites (tertiary alicyclic amines) is 1. The molecule has 1 unspecified atom stereocenters. The van der Waals surface area contributed by atoms with Gasteiger partial charge in [-0.1, -0.05) is 6.92 Å². The Morgan fingerprint density at radius 1 is 1.33 bits per heavy atom. The van der Waals surface area contributed by atoms with Gasteiger partial charge in [0.1, 0.15) is 5.70 Å². The van der Waals surface area contributed by atoms with Gasteiger partial charge in [-0.05, 0) is 26.8 Å². The minimum atomic E-state index is -1.14. The van der Waals surface area contributed by atoms with Crippen LogP contribution < -0.4 is 10.6 Å². The molecule has 3 fully saturated rings. The number of aliphatic carboxylic acids is 1. The van der Waals surface area contributed by atoms with Crippen LogP contribution in [-0.2, 0) is 14.4 Å². The van der Waals surface area contributed by atoms with E-state index in [0.29, 0.717) is 37.0 Å². The molecule has 4 rings (SSSR count). The summed E-state index contributed by atoms with van der Waals surface area (Å²) in [6.07, 6.45) is -0.0730. The van der Waals surface area contributed by atoms with E-state index in [0.717, 1.165) is 6.42 Å². The van der Waals surface area contributed by atoms with Gasteiger partial charge in [-0.25, -0.2) is 4.79 Å². The molecule has 0 bridgehead atoms. The average molecular weight is 483 g/mol. The number of aliphatic hydroxyl groups excluding tert-OH is 2. The number of carbonyl (C=O) groups excluding carboxylic acids is 2. The van der Waals surface area contributed by atoms with Crippen molar-refractivity contribution in [2.45, 2.75) is 68.7 Å². The van der Waals surface area contributed by atoms with Crippen molar-refractivity contribution < 1.29 is 29.7 Å². The molecule has 4 aliphatic rings. The van der Waals surface area contributed by atoms with Crippen LogP contribution in [0.1, 0.15) is 33.1 Å². The number of fused-ring (bicyclic) bond motifs is 1. The Morgan fingerprint density at radius 2 is 2.06 bits per heavy atom. The number of carbonyl (C=O) groups is 3. The second kappa shape index (κ2) is 9.53. The van der Waals surface area contributed by atoms with E-state index in [1.165, 1.54) is 16.7 Å². The fourth-order valence-electron chi connectivity index (χ4n) is 5.65. The quantitative estimate of drug-likeness (QED) is 0.280. The normalized spacial score (nSPS) is 35.6. The van der Waals surface area contributed by atoms with Crippen molar-refractivity contribution >= 4 is 29.5 Å². The van der Waals surface area contributed by atoms with Gasteiger partial charge in [0.05, 0.1) is 30.6 Å². The Kier molecular flexibility index (Phi) is 7.07. The third-order valence-electron chi connectivity index (χ3n) is 7.53. The van der Waals surface area contributed by atoms with E-state index in [1.807, 2.05) is 14.0 Å². The summed E-state index contributed by atoms with van der Waals surface area (Å²) in [6, 6.07) is -0.280. The lowest BCUT2D eigenvalue weighted by Gasteiger charge is -2.46. The van der Waals surface area contributed by atoms with Crippen molar-refractivity contribution in [3.8, 4) is 0 Å². The van der Waals surface area contributed by atoms with Crippen LogP contribution in [0.4, 0.5) is 0 Å². The fourth-order valence-corrected chi connectivity index (χ4v) is 7.14. The molecule has 4 heterocycles. The van der Waals surface area contributed by atoms with Crippen LogP contribution in [-0.4, -0.2) is 105 Å². The first-order valence-electron chi connectivity index (χ1n) is 11.7. The molecule has 8 atom stereocenters. The first-order valence-corrected chi connectivity index (χ1v) is 12.5. The van der Waals surface area contributed by atoms with Crippen LogP contribution in [0, 0.1) is 11.8 Å². The molecule has 11 heteroatoms. The molecule has 0 saturated carbocycles. The molecular formula is C22H34N4O6S. The first-order chi connectivity index (χ1) is 15.6. The SMILES string of the molecule is CN[C@H]1CCN(C(=O)CC(O)[C@@H]2C[C@H](SC3=C(C(=O)O)N4C(=O)[C@H]([C@@H](C)O)[C@H]4[C@H]3C)CN2)C1. The number of carboxylic acid groups (broad SMARTS) is 1. The highest BCUT2D eigenvalue weighted by molar-refractivity contribution is 8.03. The molecule has 4 aliphatic heterocycles. The molecule has 0 aromatic rings. The largest absolute Gasteiger partial charge is 0.477 e. The van der Waals surface area contributed by atoms with E-state index < -0.39 is 24.1 Å². The molecule has 184 valence electrons. The molecule has 2 amide bonds. The van der Waals surface area contributed by atoms with E-state index >= 15 is 0 Å². The van der Waals surface area contributed by atoms with Crippen molar-refractivity contribution in [1.29, 1.82) is 0 Å². The second-order valence-electron chi connectivity index (χ2n) is 9.65. The highest BCUT2D eigenvalue weighted by atomic mass is 32.2. The first kappa shape index (κ1) is 24.5. The van der Waals surface area contributed by atoms with Crippen LogP contribution in [0.5, 0.6) is 0 Å². The summed E-state index contributed by atoms with van der Waals surface area (Å²) in [6.45, 7) is 5.40. The zero-order valence-corrected chi connectivity index (χ0v) is 20.0. The number of β-lactam (4-membered cyclic amide) rings is 1. The predicted octanol–water partition coefficient (Wildman–Crippen LogP) is -0.825. The number of hydrogen-bond donors (Lipinski definition) is 5. The Labute approximate surface area is 197 Å². The van der Waals surface area contributed by atoms with Gasteiger partial charge in [0.2, 0.25) is 11.8 Å². The van der Waals surface area contributed by atoms with Crippen LogP contribution >= 0.6 is 11.8 Å². The number of amides is 2. The summed E-state index contributed by atoms with van der Waals surface area (Å²) < 4.78 is 0. The van der Waals surface area contributed by atoms with Crippen LogP contribution in [0.3, 0.4) is 0 Å². The molecule has 3 saturated heterocycles. The summed E-state index contributed by atoms with van der Waals surface area (Å²) in [5, 5.41) is 36.9. The standard InChI is InChI=1S/C22H34N4O6S/c1-10-18-17(11(2)27)21(30)26(18)19(22(31)32)20(10)33-13-6-14(24-8-13)15(28)7-16(29)25-5-4-12(9-25)23-3/h10-15,17-18,23-24,27-28H,4-9H2,1-3H3,(H,31,32)/t10-,11-,12+,13+,14+,15?,17-,18-/m1/s1. The lowest BCUT2D eigenvalue weighted by atomic mass is 9.79. The Balaban J connectivity index is 1.36. The van der Waals surface area contributed by atoms with E-state index in [4.69, 9.17) is 0 Å². The smallest absolute Gasteiger partial charge is 0.353 e. The van der Waals surface area contributed by atoms with Gasteiger partial charge < -0.3 is 35.8 Å². The molecule has 0 aliphatic carbocycles. The van der Waals surface area contributed by atoms with Crippen LogP contribution in [0.15, 0.2) is 10.6 Å². The van der Waals surface area contributed by atoms with Gasteiger partial charge in [-0.15, -0.1) is 11.8 Å². The number of nitrogens with one attached hydrogen (secondary N) is 2. The third-order valence-corrected chi connectivity index (χ3v) is 9.04. The van der Waals surface area contributed by atoms with Crippen molar-refractivity contribution in [2.24, 2.45) is 11.8 Å². The zero-order chi connectivity index (χ0) is 24.0. The van der Waals surface area contributed by atoms with Crippen molar-refractivity contribution in [2.75, 3.05) is 26.7 Å². The predicted molar refractivity (Wildman–Crippen MR) is 122 cm³/mol. The van der Waals surface area contributed by atoms with Gasteiger partial charge in [-0.3, -0.25) is 9.59 Å². The number of carboxylic acids is 1. The number of hydrogen-bond acceptors (Lipinski definition) is 8. The number of thioether (sulfide) groups is 1. The summed E-state index contributed by atoms with van der Waals surface area (Å²) in [5.74, 6) is -2.29. The molecule has 0 radical (unpaired) electrons. The summed E-state index contributed by atoms with van der Waals surface area (Å²) in [4.78, 5) is 40.8. The maximum absolute atomic E-state index is 12.6.